The van der Waals surface area contributed by atoms with E-state index in [1.165, 1.54) is 11.0 Å². The van der Waals surface area contributed by atoms with E-state index in [2.05, 4.69) is 12.2 Å². The lowest BCUT2D eigenvalue weighted by molar-refractivity contribution is 0.0993. The monoisotopic (exact) mass is 457 g/mol. The minimum atomic E-state index is -0.354. The fraction of sp³-hybridized carbons (Fsp3) is 0.500. The molecule has 0 spiro atoms. The van der Waals surface area contributed by atoms with Crippen molar-refractivity contribution in [1.29, 1.82) is 0 Å². The molecule has 2 atom stereocenters. The highest BCUT2D eigenvalue weighted by molar-refractivity contribution is 6.05. The van der Waals surface area contributed by atoms with Crippen LogP contribution in [-0.2, 0) is 0 Å². The van der Waals surface area contributed by atoms with Crippen molar-refractivity contribution < 1.29 is 19.0 Å². The highest BCUT2D eigenvalue weighted by atomic mass is 19.1. The molecule has 0 aromatic heterocycles. The van der Waals surface area contributed by atoms with Gasteiger partial charge in [-0.3, -0.25) is 4.79 Å². The maximum Gasteiger partial charge on any atom is 0.258 e. The second-order valence-electron chi connectivity index (χ2n) is 8.63. The molecular weight excluding hydrogens is 421 g/mol. The molecule has 2 N–H and O–H groups in total. The van der Waals surface area contributed by atoms with E-state index in [-0.39, 0.29) is 23.9 Å². The summed E-state index contributed by atoms with van der Waals surface area (Å²) in [6.45, 7) is 6.70. The number of carbonyl (C=O) groups is 1. The first-order valence-electron chi connectivity index (χ1n) is 11.9. The molecule has 1 fully saturated rings. The van der Waals surface area contributed by atoms with Gasteiger partial charge in [-0.25, -0.2) is 4.39 Å². The molecule has 1 aliphatic heterocycles. The number of hydrogen-bond acceptors (Lipinski definition) is 5. The lowest BCUT2D eigenvalue weighted by Crippen LogP contribution is -2.37. The van der Waals surface area contributed by atoms with Gasteiger partial charge in [-0.15, -0.1) is 0 Å². The third-order valence-corrected chi connectivity index (χ3v) is 6.13. The van der Waals surface area contributed by atoms with Crippen LogP contribution in [0, 0.1) is 5.82 Å². The molecule has 0 bridgehead atoms. The molecule has 6 nitrogen and oxygen atoms in total. The minimum absolute atomic E-state index is 0.206. The number of nitrogens with one attached hydrogen (secondary N) is 1. The van der Waals surface area contributed by atoms with Crippen LogP contribution < -0.4 is 19.9 Å². The van der Waals surface area contributed by atoms with Crippen LogP contribution in [-0.4, -0.2) is 56.4 Å². The summed E-state index contributed by atoms with van der Waals surface area (Å²) in [5, 5.41) is 13.1. The maximum atomic E-state index is 15.0. The summed E-state index contributed by atoms with van der Waals surface area (Å²) >= 11 is 0. The second-order valence-corrected chi connectivity index (χ2v) is 8.63. The number of aliphatic hydroxyl groups excluding tert-OH is 1. The minimum Gasteiger partial charge on any atom is -0.494 e. The summed E-state index contributed by atoms with van der Waals surface area (Å²) in [5.74, 6) is 0.184. The molecule has 1 heterocycles. The Morgan fingerprint density at radius 1 is 1.27 bits per heavy atom. The molecule has 1 amide bonds. The average Bonchev–Trinajstić information content (AvgIpc) is 3.30. The van der Waals surface area contributed by atoms with E-state index in [9.17, 15) is 14.3 Å². The number of amides is 1. The van der Waals surface area contributed by atoms with Gasteiger partial charge in [0.05, 0.1) is 18.4 Å². The van der Waals surface area contributed by atoms with Gasteiger partial charge in [-0.2, -0.15) is 0 Å². The number of ether oxygens (including phenoxy) is 1. The summed E-state index contributed by atoms with van der Waals surface area (Å²) < 4.78 is 20.6. The molecule has 0 saturated carbocycles. The van der Waals surface area contributed by atoms with Crippen molar-refractivity contribution >= 4 is 17.3 Å². The van der Waals surface area contributed by atoms with Gasteiger partial charge in [0.2, 0.25) is 0 Å². The fourth-order valence-corrected chi connectivity index (χ4v) is 3.89. The van der Waals surface area contributed by atoms with E-state index in [0.717, 1.165) is 31.6 Å². The number of nitrogens with zero attached hydrogens (tertiary/aromatic N) is 2. The van der Waals surface area contributed by atoms with Crippen molar-refractivity contribution in [1.82, 2.24) is 5.32 Å². The van der Waals surface area contributed by atoms with Crippen molar-refractivity contribution in [2.24, 2.45) is 0 Å². The summed E-state index contributed by atoms with van der Waals surface area (Å²) in [5.41, 5.74) is 1.56. The first kappa shape index (κ1) is 25.0. The molecule has 180 valence electrons. The highest BCUT2D eigenvalue weighted by Gasteiger charge is 2.25. The zero-order valence-corrected chi connectivity index (χ0v) is 19.9. The van der Waals surface area contributed by atoms with E-state index >= 15 is 0 Å². The second kappa shape index (κ2) is 12.0. The van der Waals surface area contributed by atoms with Gasteiger partial charge in [0, 0.05) is 44.0 Å². The fourth-order valence-electron chi connectivity index (χ4n) is 3.89. The number of aliphatic hydroxyl groups is 1. The first-order valence-corrected chi connectivity index (χ1v) is 11.9. The molecule has 33 heavy (non-hydrogen) atoms. The zero-order valence-electron chi connectivity index (χ0n) is 19.9. The Balaban J connectivity index is 1.60. The largest absolute Gasteiger partial charge is 0.494 e. The molecule has 2 aromatic carbocycles. The predicted octanol–water partition coefficient (Wildman–Crippen LogP) is 4.22. The van der Waals surface area contributed by atoms with E-state index in [1.54, 1.807) is 43.4 Å². The molecule has 0 aliphatic carbocycles. The highest BCUT2D eigenvalue weighted by Crippen LogP contribution is 2.28. The quantitative estimate of drug-likeness (QED) is 0.495. The summed E-state index contributed by atoms with van der Waals surface area (Å²) in [6, 6.07) is 12.2. The zero-order chi connectivity index (χ0) is 23.8. The number of carbonyl (C=O) groups excluding carboxylic acids is 1. The first-order chi connectivity index (χ1) is 15.9. The van der Waals surface area contributed by atoms with Crippen LogP contribution in [0.1, 0.15) is 49.9 Å². The van der Waals surface area contributed by atoms with E-state index in [4.69, 9.17) is 4.74 Å². The van der Waals surface area contributed by atoms with Crippen LogP contribution in [0.5, 0.6) is 5.75 Å². The number of hydrogen-bond donors (Lipinski definition) is 2. The van der Waals surface area contributed by atoms with E-state index in [0.29, 0.717) is 43.1 Å². The Labute approximate surface area is 196 Å². The number of anilines is 2. The van der Waals surface area contributed by atoms with Gasteiger partial charge in [0.1, 0.15) is 11.6 Å². The molecule has 1 saturated heterocycles. The third kappa shape index (κ3) is 6.68. The van der Waals surface area contributed by atoms with Gasteiger partial charge in [-0.1, -0.05) is 20.3 Å². The smallest absolute Gasteiger partial charge is 0.258 e. The van der Waals surface area contributed by atoms with E-state index in [1.807, 2.05) is 11.8 Å². The van der Waals surface area contributed by atoms with Crippen LogP contribution in [0.4, 0.5) is 15.8 Å². The molecular formula is C26H36FN3O3. The molecule has 0 radical (unpaired) electrons. The third-order valence-electron chi connectivity index (χ3n) is 6.13. The van der Waals surface area contributed by atoms with Crippen molar-refractivity contribution in [2.45, 2.75) is 51.7 Å². The lowest BCUT2D eigenvalue weighted by atomic mass is 10.1. The number of benzene rings is 2. The Kier molecular flexibility index (Phi) is 9.09. The Bertz CT molecular complexity index is 906. The van der Waals surface area contributed by atoms with Crippen LogP contribution in [0.15, 0.2) is 42.5 Å². The summed E-state index contributed by atoms with van der Waals surface area (Å²) in [6.07, 6.45) is 3.31. The Morgan fingerprint density at radius 3 is 2.70 bits per heavy atom. The van der Waals surface area contributed by atoms with Crippen LogP contribution >= 0.6 is 0 Å². The standard InChI is InChI=1S/C26H36FN3O3/c1-4-6-15-33-23-10-7-19(8-11-23)26(32)29(3)21-9-12-25(24(27)16-21)30-14-13-20(18-30)28-17-22(31)5-2/h7-12,16,20,22,28,31H,4-6,13-15,17-18H2,1-3H3. The van der Waals surface area contributed by atoms with Gasteiger partial charge in [-0.05, 0) is 61.7 Å². The van der Waals surface area contributed by atoms with Crippen LogP contribution in [0.25, 0.3) is 0 Å². The van der Waals surface area contributed by atoms with Gasteiger partial charge in [0.15, 0.2) is 0 Å². The molecule has 2 aromatic rings. The maximum absolute atomic E-state index is 15.0. The van der Waals surface area contributed by atoms with Crippen molar-refractivity contribution in [2.75, 3.05) is 43.1 Å². The summed E-state index contributed by atoms with van der Waals surface area (Å²) in [7, 11) is 1.65. The molecule has 2 unspecified atom stereocenters. The van der Waals surface area contributed by atoms with Crippen LogP contribution in [0.3, 0.4) is 0 Å². The lowest BCUT2D eigenvalue weighted by Gasteiger charge is -2.23. The molecule has 1 aliphatic rings. The average molecular weight is 458 g/mol. The molecule has 3 rings (SSSR count). The van der Waals surface area contributed by atoms with Crippen molar-refractivity contribution in [3.63, 3.8) is 0 Å². The number of rotatable bonds is 11. The SMILES string of the molecule is CCCCOc1ccc(C(=O)N(C)c2ccc(N3CCC(NCC(O)CC)C3)c(F)c2)cc1. The topological polar surface area (TPSA) is 65.0 Å². The Morgan fingerprint density at radius 2 is 2.03 bits per heavy atom. The van der Waals surface area contributed by atoms with E-state index < -0.39 is 0 Å². The molecule has 7 heteroatoms. The number of unbranched alkanes of at least 4 members (excludes halogenated alkanes) is 1. The van der Waals surface area contributed by atoms with Crippen molar-refractivity contribution in [3.05, 3.63) is 53.8 Å². The Hall–Kier alpha value is -2.64. The van der Waals surface area contributed by atoms with Gasteiger partial charge < -0.3 is 25.0 Å². The predicted molar refractivity (Wildman–Crippen MR) is 131 cm³/mol. The van der Waals surface area contributed by atoms with Crippen LogP contribution in [0.2, 0.25) is 0 Å². The van der Waals surface area contributed by atoms with Crippen molar-refractivity contribution in [3.8, 4) is 5.75 Å². The summed E-state index contributed by atoms with van der Waals surface area (Å²) in [4.78, 5) is 16.4. The van der Waals surface area contributed by atoms with Gasteiger partial charge in [0.25, 0.3) is 5.91 Å². The van der Waals surface area contributed by atoms with Gasteiger partial charge >= 0.3 is 0 Å². The normalized spacial score (nSPS) is 16.6. The number of halogens is 1.